The fourth-order valence-electron chi connectivity index (χ4n) is 5.11. The van der Waals surface area contributed by atoms with E-state index in [1.54, 1.807) is 0 Å². The Kier molecular flexibility index (Phi) is 5.51. The Morgan fingerprint density at radius 2 is 1.55 bits per heavy atom. The van der Waals surface area contributed by atoms with Crippen LogP contribution in [0.15, 0.2) is 79.0 Å². The van der Waals surface area contributed by atoms with Crippen molar-refractivity contribution in [2.24, 2.45) is 0 Å². The molecule has 1 N–H and O–H groups in total. The summed E-state index contributed by atoms with van der Waals surface area (Å²) in [6, 6.07) is 25.1. The second-order valence-electron chi connectivity index (χ2n) is 8.72. The summed E-state index contributed by atoms with van der Waals surface area (Å²) in [6.07, 6.45) is 1.85. The monoisotopic (exact) mass is 452 g/mol. The molecule has 1 aliphatic rings. The first kappa shape index (κ1) is 21.4. The second kappa shape index (κ2) is 8.49. The molecular formula is C28H28N4S. The van der Waals surface area contributed by atoms with Crippen molar-refractivity contribution in [3.63, 3.8) is 0 Å². The molecule has 0 amide bonds. The first-order chi connectivity index (χ1) is 16.0. The van der Waals surface area contributed by atoms with E-state index >= 15 is 0 Å². The van der Waals surface area contributed by atoms with E-state index in [4.69, 9.17) is 17.2 Å². The van der Waals surface area contributed by atoms with Crippen LogP contribution in [-0.2, 0) is 0 Å². The molecular weight excluding hydrogens is 424 g/mol. The van der Waals surface area contributed by atoms with Gasteiger partial charge in [0.2, 0.25) is 0 Å². The minimum atomic E-state index is -0.0531. The molecule has 2 aromatic heterocycles. The van der Waals surface area contributed by atoms with Crippen molar-refractivity contribution in [1.29, 1.82) is 0 Å². The van der Waals surface area contributed by atoms with Crippen molar-refractivity contribution in [1.82, 2.24) is 14.9 Å². The van der Waals surface area contributed by atoms with Gasteiger partial charge in [-0.15, -0.1) is 0 Å². The van der Waals surface area contributed by atoms with Crippen LogP contribution in [0.4, 0.5) is 5.69 Å². The molecule has 2 unspecified atom stereocenters. The zero-order valence-corrected chi connectivity index (χ0v) is 20.2. The highest BCUT2D eigenvalue weighted by molar-refractivity contribution is 7.80. The molecule has 33 heavy (non-hydrogen) atoms. The van der Waals surface area contributed by atoms with Crippen LogP contribution in [0.25, 0.3) is 5.69 Å². The van der Waals surface area contributed by atoms with E-state index < -0.39 is 0 Å². The number of rotatable bonds is 4. The number of aryl methyl sites for hydroxylation is 1. The lowest BCUT2D eigenvalue weighted by Crippen LogP contribution is -2.29. The predicted octanol–water partition coefficient (Wildman–Crippen LogP) is 6.28. The Morgan fingerprint density at radius 1 is 0.818 bits per heavy atom. The van der Waals surface area contributed by atoms with E-state index in [1.807, 2.05) is 18.3 Å². The Hall–Kier alpha value is -3.44. The zero-order chi connectivity index (χ0) is 23.1. The van der Waals surface area contributed by atoms with Crippen LogP contribution in [0.1, 0.15) is 45.9 Å². The molecule has 0 saturated carbocycles. The summed E-state index contributed by atoms with van der Waals surface area (Å²) >= 11 is 5.92. The fourth-order valence-corrected chi connectivity index (χ4v) is 5.46. The average Bonchev–Trinajstić information content (AvgIpc) is 3.27. The predicted molar refractivity (Wildman–Crippen MR) is 139 cm³/mol. The lowest BCUT2D eigenvalue weighted by Gasteiger charge is -2.29. The summed E-state index contributed by atoms with van der Waals surface area (Å²) in [5.41, 5.74) is 9.52. The molecule has 0 spiro atoms. The molecule has 0 aliphatic carbocycles. The zero-order valence-electron chi connectivity index (χ0n) is 19.4. The molecule has 0 radical (unpaired) electrons. The molecule has 5 heteroatoms. The third-order valence-electron chi connectivity index (χ3n) is 6.70. The third kappa shape index (κ3) is 3.62. The van der Waals surface area contributed by atoms with Crippen LogP contribution in [0.5, 0.6) is 0 Å². The van der Waals surface area contributed by atoms with Gasteiger partial charge < -0.3 is 14.8 Å². The van der Waals surface area contributed by atoms with Crippen LogP contribution in [-0.4, -0.2) is 14.7 Å². The van der Waals surface area contributed by atoms with E-state index in [9.17, 15) is 0 Å². The van der Waals surface area contributed by atoms with Gasteiger partial charge in [-0.05, 0) is 87.4 Å². The minimum absolute atomic E-state index is 0.0159. The molecule has 1 saturated heterocycles. The highest BCUT2D eigenvalue weighted by Crippen LogP contribution is 2.45. The van der Waals surface area contributed by atoms with Gasteiger partial charge in [0.05, 0.1) is 17.8 Å². The van der Waals surface area contributed by atoms with Gasteiger partial charge in [0, 0.05) is 34.5 Å². The number of nitrogens with one attached hydrogen (secondary N) is 1. The molecule has 1 aliphatic heterocycles. The van der Waals surface area contributed by atoms with Crippen LogP contribution in [0.2, 0.25) is 0 Å². The van der Waals surface area contributed by atoms with Crippen LogP contribution in [0, 0.1) is 27.7 Å². The second-order valence-corrected chi connectivity index (χ2v) is 9.10. The van der Waals surface area contributed by atoms with Crippen molar-refractivity contribution in [2.75, 3.05) is 4.90 Å². The van der Waals surface area contributed by atoms with Crippen molar-refractivity contribution in [2.45, 2.75) is 39.8 Å². The molecule has 2 aromatic carbocycles. The summed E-state index contributed by atoms with van der Waals surface area (Å²) in [5, 5.41) is 4.32. The first-order valence-electron chi connectivity index (χ1n) is 11.3. The van der Waals surface area contributed by atoms with Gasteiger partial charge >= 0.3 is 0 Å². The Labute approximate surface area is 200 Å². The highest BCUT2D eigenvalue weighted by atomic mass is 32.1. The van der Waals surface area contributed by atoms with E-state index in [-0.39, 0.29) is 12.1 Å². The van der Waals surface area contributed by atoms with E-state index in [1.165, 1.54) is 33.8 Å². The van der Waals surface area contributed by atoms with Crippen molar-refractivity contribution in [3.05, 3.63) is 113 Å². The first-order valence-corrected chi connectivity index (χ1v) is 11.7. The summed E-state index contributed by atoms with van der Waals surface area (Å²) < 4.78 is 2.36. The summed E-state index contributed by atoms with van der Waals surface area (Å²) in [6.45, 7) is 8.76. The lowest BCUT2D eigenvalue weighted by molar-refractivity contribution is 0.563. The standard InChI is InChI=1S/C28H28N4S/c1-18-11-10-14-23(17-18)32-27(26(30-28(32)33)24-15-8-9-16-29-24)25-19(2)20(3)31(21(25)4)22-12-6-5-7-13-22/h5-17,26-27H,1-4H3,(H,30,33). The summed E-state index contributed by atoms with van der Waals surface area (Å²) in [4.78, 5) is 6.98. The third-order valence-corrected chi connectivity index (χ3v) is 7.01. The SMILES string of the molecule is Cc1cccc(N2C(=S)NC(c3ccccn3)C2c2c(C)c(C)n(-c3ccccc3)c2C)c1. The Balaban J connectivity index is 1.74. The Morgan fingerprint density at radius 3 is 2.24 bits per heavy atom. The van der Waals surface area contributed by atoms with Crippen LogP contribution in [0.3, 0.4) is 0 Å². The van der Waals surface area contributed by atoms with Crippen molar-refractivity contribution >= 4 is 23.0 Å². The van der Waals surface area contributed by atoms with Gasteiger partial charge in [-0.25, -0.2) is 0 Å². The molecule has 166 valence electrons. The van der Waals surface area contributed by atoms with Gasteiger partial charge in [0.25, 0.3) is 0 Å². The van der Waals surface area contributed by atoms with Gasteiger partial charge in [-0.3, -0.25) is 4.98 Å². The number of pyridine rings is 1. The molecule has 4 nitrogen and oxygen atoms in total. The maximum absolute atomic E-state index is 5.92. The number of hydrogen-bond acceptors (Lipinski definition) is 2. The maximum Gasteiger partial charge on any atom is 0.174 e. The van der Waals surface area contributed by atoms with Crippen LogP contribution < -0.4 is 10.2 Å². The largest absolute Gasteiger partial charge is 0.351 e. The van der Waals surface area contributed by atoms with Gasteiger partial charge in [0.1, 0.15) is 0 Å². The van der Waals surface area contributed by atoms with E-state index in [0.717, 1.165) is 16.5 Å². The number of hydrogen-bond donors (Lipinski definition) is 1. The lowest BCUT2D eigenvalue weighted by atomic mass is 9.93. The van der Waals surface area contributed by atoms with Crippen LogP contribution >= 0.6 is 12.2 Å². The molecule has 3 heterocycles. The minimum Gasteiger partial charge on any atom is -0.351 e. The summed E-state index contributed by atoms with van der Waals surface area (Å²) in [5.74, 6) is 0. The van der Waals surface area contributed by atoms with Gasteiger partial charge in [-0.2, -0.15) is 0 Å². The van der Waals surface area contributed by atoms with E-state index in [0.29, 0.717) is 0 Å². The fraction of sp³-hybridized carbons (Fsp3) is 0.214. The van der Waals surface area contributed by atoms with E-state index in [2.05, 4.69) is 103 Å². The smallest absolute Gasteiger partial charge is 0.174 e. The topological polar surface area (TPSA) is 33.1 Å². The van der Waals surface area contributed by atoms with Crippen molar-refractivity contribution < 1.29 is 0 Å². The number of anilines is 1. The normalized spacial score (nSPS) is 17.9. The average molecular weight is 453 g/mol. The summed E-state index contributed by atoms with van der Waals surface area (Å²) in [7, 11) is 0. The number of benzene rings is 2. The quantitative estimate of drug-likeness (QED) is 0.369. The van der Waals surface area contributed by atoms with Gasteiger partial charge in [-0.1, -0.05) is 36.4 Å². The van der Waals surface area contributed by atoms with Gasteiger partial charge in [0.15, 0.2) is 5.11 Å². The number of thiocarbonyl (C=S) groups is 1. The number of para-hydroxylation sites is 1. The number of aromatic nitrogens is 2. The van der Waals surface area contributed by atoms with Crippen molar-refractivity contribution in [3.8, 4) is 5.69 Å². The molecule has 1 fully saturated rings. The maximum atomic E-state index is 5.92. The molecule has 2 atom stereocenters. The molecule has 5 rings (SSSR count). The molecule has 0 bridgehead atoms. The molecule has 4 aromatic rings. The Bertz CT molecular complexity index is 1310. The highest BCUT2D eigenvalue weighted by Gasteiger charge is 2.43. The number of nitrogens with zero attached hydrogens (tertiary/aromatic N) is 3.